The van der Waals surface area contributed by atoms with Gasteiger partial charge in [-0.3, -0.25) is 9.69 Å². The van der Waals surface area contributed by atoms with Gasteiger partial charge in [0, 0.05) is 0 Å². The van der Waals surface area contributed by atoms with Crippen LogP contribution in [0.1, 0.15) is 65.7 Å². The first-order valence-corrected chi connectivity index (χ1v) is 7.91. The molecule has 0 amide bonds. The van der Waals surface area contributed by atoms with Gasteiger partial charge in [-0.25, -0.2) is 0 Å². The van der Waals surface area contributed by atoms with E-state index in [-0.39, 0.29) is 0 Å². The highest BCUT2D eigenvalue weighted by Crippen LogP contribution is 2.46. The van der Waals surface area contributed by atoms with Gasteiger partial charge in [0.15, 0.2) is 0 Å². The Kier molecular flexibility index (Phi) is 4.24. The van der Waals surface area contributed by atoms with Gasteiger partial charge >= 0.3 is 5.97 Å². The third-order valence-electron chi connectivity index (χ3n) is 5.94. The average Bonchev–Trinajstić information content (AvgIpc) is 2.93. The van der Waals surface area contributed by atoms with E-state index in [1.807, 2.05) is 0 Å². The predicted octanol–water partition coefficient (Wildman–Crippen LogP) is 3.53. The topological polar surface area (TPSA) is 40.5 Å². The Labute approximate surface area is 117 Å². The molecule has 0 aromatic heterocycles. The minimum absolute atomic E-state index is 0.357. The first kappa shape index (κ1) is 14.8. The Bertz CT molecular complexity index is 324. The molecule has 2 fully saturated rings. The first-order chi connectivity index (χ1) is 8.92. The lowest BCUT2D eigenvalue weighted by molar-refractivity contribution is -0.155. The maximum atomic E-state index is 11.8. The van der Waals surface area contributed by atoms with Crippen LogP contribution in [0.5, 0.6) is 0 Å². The van der Waals surface area contributed by atoms with E-state index in [0.29, 0.717) is 11.3 Å². The molecular weight excluding hydrogens is 238 g/mol. The van der Waals surface area contributed by atoms with Crippen LogP contribution in [0, 0.1) is 11.3 Å². The fourth-order valence-electron chi connectivity index (χ4n) is 3.98. The van der Waals surface area contributed by atoms with Crippen LogP contribution in [0.25, 0.3) is 0 Å². The normalized spacial score (nSPS) is 33.5. The number of carbonyl (C=O) groups is 1. The molecule has 1 aliphatic heterocycles. The third kappa shape index (κ3) is 2.67. The zero-order valence-electron chi connectivity index (χ0n) is 12.7. The summed E-state index contributed by atoms with van der Waals surface area (Å²) in [5, 5.41) is 9.75. The van der Waals surface area contributed by atoms with Gasteiger partial charge in [0.2, 0.25) is 0 Å². The molecule has 19 heavy (non-hydrogen) atoms. The highest BCUT2D eigenvalue weighted by Gasteiger charge is 2.48. The second kappa shape index (κ2) is 5.43. The van der Waals surface area contributed by atoms with Gasteiger partial charge in [-0.15, -0.1) is 0 Å². The van der Waals surface area contributed by atoms with Crippen molar-refractivity contribution in [2.75, 3.05) is 13.1 Å². The molecule has 3 heteroatoms. The Balaban J connectivity index is 2.08. The summed E-state index contributed by atoms with van der Waals surface area (Å²) in [5.74, 6) is 0.106. The van der Waals surface area contributed by atoms with Gasteiger partial charge < -0.3 is 5.11 Å². The van der Waals surface area contributed by atoms with Gasteiger partial charge in [-0.2, -0.15) is 0 Å². The van der Waals surface area contributed by atoms with Gasteiger partial charge in [-0.05, 0) is 62.9 Å². The molecular formula is C16H29NO2. The number of carboxylic acid groups (broad SMARTS) is 1. The number of rotatable bonds is 4. The molecule has 0 aromatic carbocycles. The molecule has 1 saturated heterocycles. The maximum Gasteiger partial charge on any atom is 0.324 e. The SMILES string of the molecule is CCC(C)(C)C1CCC(C(=O)O)(N2CCCC2)CC1. The van der Waals surface area contributed by atoms with Crippen LogP contribution in [0.15, 0.2) is 0 Å². The molecule has 1 heterocycles. The number of hydrogen-bond donors (Lipinski definition) is 1. The highest BCUT2D eigenvalue weighted by molar-refractivity contribution is 5.79. The average molecular weight is 267 g/mol. The second-order valence-electron chi connectivity index (χ2n) is 7.15. The van der Waals surface area contributed by atoms with Crippen molar-refractivity contribution < 1.29 is 9.90 Å². The molecule has 3 nitrogen and oxygen atoms in total. The number of hydrogen-bond acceptors (Lipinski definition) is 2. The van der Waals surface area contributed by atoms with Crippen molar-refractivity contribution in [3.8, 4) is 0 Å². The van der Waals surface area contributed by atoms with E-state index >= 15 is 0 Å². The lowest BCUT2D eigenvalue weighted by atomic mass is 9.65. The summed E-state index contributed by atoms with van der Waals surface area (Å²) in [6.45, 7) is 8.88. The fourth-order valence-corrected chi connectivity index (χ4v) is 3.98. The number of aliphatic carboxylic acids is 1. The molecule has 0 bridgehead atoms. The predicted molar refractivity (Wildman–Crippen MR) is 77.2 cm³/mol. The summed E-state index contributed by atoms with van der Waals surface area (Å²) < 4.78 is 0. The van der Waals surface area contributed by atoms with E-state index in [9.17, 15) is 9.90 Å². The van der Waals surface area contributed by atoms with Gasteiger partial charge in [0.25, 0.3) is 0 Å². The summed E-state index contributed by atoms with van der Waals surface area (Å²) in [6, 6.07) is 0. The molecule has 1 aliphatic carbocycles. The van der Waals surface area contributed by atoms with Crippen LogP contribution in [0.4, 0.5) is 0 Å². The van der Waals surface area contributed by atoms with Gasteiger partial charge in [0.05, 0.1) is 0 Å². The largest absolute Gasteiger partial charge is 0.480 e. The molecule has 2 rings (SSSR count). The summed E-state index contributed by atoms with van der Waals surface area (Å²) in [7, 11) is 0. The third-order valence-corrected chi connectivity index (χ3v) is 5.94. The van der Waals surface area contributed by atoms with Crippen LogP contribution in [0.2, 0.25) is 0 Å². The van der Waals surface area contributed by atoms with Crippen LogP contribution < -0.4 is 0 Å². The summed E-state index contributed by atoms with van der Waals surface area (Å²) in [4.78, 5) is 14.1. The van der Waals surface area contributed by atoms with Crippen molar-refractivity contribution in [2.45, 2.75) is 71.3 Å². The standard InChI is InChI=1S/C16H29NO2/c1-4-15(2,3)13-7-9-16(10-8-13,14(18)19)17-11-5-6-12-17/h13H,4-12H2,1-3H3,(H,18,19). The lowest BCUT2D eigenvalue weighted by Crippen LogP contribution is -2.56. The number of likely N-dealkylation sites (tertiary alicyclic amines) is 1. The molecule has 0 spiro atoms. The number of nitrogens with zero attached hydrogens (tertiary/aromatic N) is 1. The summed E-state index contributed by atoms with van der Waals surface area (Å²) in [6.07, 6.45) is 7.35. The van der Waals surface area contributed by atoms with Crippen molar-refractivity contribution >= 4 is 5.97 Å². The van der Waals surface area contributed by atoms with E-state index in [4.69, 9.17) is 0 Å². The fraction of sp³-hybridized carbons (Fsp3) is 0.938. The van der Waals surface area contributed by atoms with Crippen LogP contribution in [-0.2, 0) is 4.79 Å². The zero-order valence-corrected chi connectivity index (χ0v) is 12.7. The molecule has 0 aromatic rings. The molecule has 110 valence electrons. The Morgan fingerprint density at radius 2 is 1.79 bits per heavy atom. The maximum absolute atomic E-state index is 11.8. The van der Waals surface area contributed by atoms with Crippen LogP contribution in [-0.4, -0.2) is 34.6 Å². The zero-order chi connectivity index (χ0) is 14.1. The quantitative estimate of drug-likeness (QED) is 0.847. The second-order valence-corrected chi connectivity index (χ2v) is 7.15. The monoisotopic (exact) mass is 267 g/mol. The van der Waals surface area contributed by atoms with Crippen molar-refractivity contribution in [2.24, 2.45) is 11.3 Å². The molecule has 0 unspecified atom stereocenters. The van der Waals surface area contributed by atoms with E-state index < -0.39 is 11.5 Å². The van der Waals surface area contributed by atoms with Gasteiger partial charge in [0.1, 0.15) is 5.54 Å². The van der Waals surface area contributed by atoms with E-state index in [1.165, 1.54) is 19.3 Å². The Morgan fingerprint density at radius 3 is 2.21 bits per heavy atom. The summed E-state index contributed by atoms with van der Waals surface area (Å²) in [5.41, 5.74) is -0.188. The molecule has 1 saturated carbocycles. The van der Waals surface area contributed by atoms with Crippen LogP contribution in [0.3, 0.4) is 0 Å². The van der Waals surface area contributed by atoms with E-state index in [1.54, 1.807) is 0 Å². The highest BCUT2D eigenvalue weighted by atomic mass is 16.4. The molecule has 2 aliphatic rings. The molecule has 0 radical (unpaired) electrons. The van der Waals surface area contributed by atoms with Crippen molar-refractivity contribution in [1.82, 2.24) is 4.90 Å². The van der Waals surface area contributed by atoms with E-state index in [2.05, 4.69) is 25.7 Å². The minimum Gasteiger partial charge on any atom is -0.480 e. The van der Waals surface area contributed by atoms with Crippen molar-refractivity contribution in [3.63, 3.8) is 0 Å². The molecule has 1 N–H and O–H groups in total. The van der Waals surface area contributed by atoms with Crippen LogP contribution >= 0.6 is 0 Å². The smallest absolute Gasteiger partial charge is 0.324 e. The minimum atomic E-state index is -0.581. The van der Waals surface area contributed by atoms with Crippen molar-refractivity contribution in [1.29, 1.82) is 0 Å². The summed E-state index contributed by atoms with van der Waals surface area (Å²) >= 11 is 0. The Morgan fingerprint density at radius 1 is 1.26 bits per heavy atom. The Hall–Kier alpha value is -0.570. The van der Waals surface area contributed by atoms with Gasteiger partial charge in [-0.1, -0.05) is 27.2 Å². The molecule has 0 atom stereocenters. The van der Waals surface area contributed by atoms with Crippen molar-refractivity contribution in [3.05, 3.63) is 0 Å². The first-order valence-electron chi connectivity index (χ1n) is 7.91. The van der Waals surface area contributed by atoms with E-state index in [0.717, 1.165) is 38.8 Å². The number of carboxylic acids is 1. The lowest BCUT2D eigenvalue weighted by Gasteiger charge is -2.46.